The number of alkyl halides is 3. The Kier molecular flexibility index (Phi) is 5.02. The summed E-state index contributed by atoms with van der Waals surface area (Å²) in [5.74, 6) is 0. The highest BCUT2D eigenvalue weighted by atomic mass is 35.5. The van der Waals surface area contributed by atoms with Gasteiger partial charge >= 0.3 is 6.18 Å². The van der Waals surface area contributed by atoms with Crippen LogP contribution in [0.5, 0.6) is 0 Å². The standard InChI is InChI=1S/C24H14ClF3N4O/c25-19-9-10-20(18-4-2-1-3-17(18)19)32-21(11-13-29-32)23-22(33)12-14-31(30-23)16-7-5-15(6-8-16)24(26,27)28/h1-14H. The van der Waals surface area contributed by atoms with E-state index in [1.54, 1.807) is 29.1 Å². The van der Waals surface area contributed by atoms with Crippen LogP contribution >= 0.6 is 11.6 Å². The Morgan fingerprint density at radius 3 is 2.30 bits per heavy atom. The lowest BCUT2D eigenvalue weighted by atomic mass is 10.1. The highest BCUT2D eigenvalue weighted by molar-refractivity contribution is 6.35. The number of hydrogen-bond donors (Lipinski definition) is 0. The summed E-state index contributed by atoms with van der Waals surface area (Å²) in [7, 11) is 0. The molecule has 0 spiro atoms. The molecule has 0 atom stereocenters. The summed E-state index contributed by atoms with van der Waals surface area (Å²) in [5.41, 5.74) is 0.523. The van der Waals surface area contributed by atoms with Crippen LogP contribution in [0.1, 0.15) is 5.56 Å². The van der Waals surface area contributed by atoms with E-state index in [0.29, 0.717) is 22.1 Å². The minimum Gasteiger partial charge on any atom is -0.287 e. The first-order chi connectivity index (χ1) is 15.8. The van der Waals surface area contributed by atoms with E-state index in [4.69, 9.17) is 11.6 Å². The first-order valence-electron chi connectivity index (χ1n) is 9.82. The largest absolute Gasteiger partial charge is 0.416 e. The van der Waals surface area contributed by atoms with Crippen LogP contribution in [0.15, 0.2) is 90.0 Å². The molecule has 0 N–H and O–H groups in total. The lowest BCUT2D eigenvalue weighted by Gasteiger charge is -2.13. The lowest BCUT2D eigenvalue weighted by molar-refractivity contribution is -0.137. The highest BCUT2D eigenvalue weighted by Gasteiger charge is 2.30. The molecule has 3 aromatic carbocycles. The van der Waals surface area contributed by atoms with Gasteiger partial charge in [0.2, 0.25) is 5.43 Å². The molecule has 5 nitrogen and oxygen atoms in total. The molecule has 5 aromatic rings. The molecule has 2 heterocycles. The molecule has 0 aliphatic rings. The van der Waals surface area contributed by atoms with Gasteiger partial charge in [0.15, 0.2) is 5.69 Å². The van der Waals surface area contributed by atoms with Crippen LogP contribution < -0.4 is 5.43 Å². The van der Waals surface area contributed by atoms with Crippen molar-refractivity contribution in [2.75, 3.05) is 0 Å². The summed E-state index contributed by atoms with van der Waals surface area (Å²) in [4.78, 5) is 12.7. The second-order valence-corrected chi connectivity index (χ2v) is 7.67. The van der Waals surface area contributed by atoms with Crippen molar-refractivity contribution >= 4 is 22.4 Å². The average molecular weight is 467 g/mol. The van der Waals surface area contributed by atoms with Crippen molar-refractivity contribution in [1.82, 2.24) is 19.6 Å². The van der Waals surface area contributed by atoms with Gasteiger partial charge in [-0.25, -0.2) is 9.36 Å². The summed E-state index contributed by atoms with van der Waals surface area (Å²) < 4.78 is 41.6. The van der Waals surface area contributed by atoms with Crippen LogP contribution in [0.2, 0.25) is 5.02 Å². The smallest absolute Gasteiger partial charge is 0.287 e. The van der Waals surface area contributed by atoms with E-state index >= 15 is 0 Å². The summed E-state index contributed by atoms with van der Waals surface area (Å²) >= 11 is 6.33. The lowest BCUT2D eigenvalue weighted by Crippen LogP contribution is -2.15. The molecule has 0 aliphatic carbocycles. The fourth-order valence-corrected chi connectivity index (χ4v) is 3.87. The van der Waals surface area contributed by atoms with Crippen molar-refractivity contribution in [2.24, 2.45) is 0 Å². The Morgan fingerprint density at radius 2 is 1.58 bits per heavy atom. The molecule has 2 aromatic heterocycles. The van der Waals surface area contributed by atoms with Crippen LogP contribution in [-0.2, 0) is 6.18 Å². The molecule has 0 fully saturated rings. The van der Waals surface area contributed by atoms with Gasteiger partial charge in [0, 0.05) is 28.1 Å². The molecule has 0 unspecified atom stereocenters. The monoisotopic (exact) mass is 466 g/mol. The van der Waals surface area contributed by atoms with Crippen molar-refractivity contribution in [1.29, 1.82) is 0 Å². The first kappa shape index (κ1) is 21.0. The molecular formula is C24H14ClF3N4O. The second-order valence-electron chi connectivity index (χ2n) is 7.26. The molecule has 0 saturated carbocycles. The molecule has 0 saturated heterocycles. The van der Waals surface area contributed by atoms with Crippen molar-refractivity contribution in [3.05, 3.63) is 106 Å². The van der Waals surface area contributed by atoms with Gasteiger partial charge in [-0.05, 0) is 42.5 Å². The molecule has 0 amide bonds. The summed E-state index contributed by atoms with van der Waals surface area (Å²) in [6, 6.07) is 18.6. The Bertz CT molecular complexity index is 1540. The summed E-state index contributed by atoms with van der Waals surface area (Å²) in [6.45, 7) is 0. The van der Waals surface area contributed by atoms with Crippen LogP contribution in [0.3, 0.4) is 0 Å². The molecular weight excluding hydrogens is 453 g/mol. The maximum Gasteiger partial charge on any atom is 0.416 e. The molecule has 0 aliphatic heterocycles. The zero-order valence-electron chi connectivity index (χ0n) is 16.8. The van der Waals surface area contributed by atoms with E-state index in [9.17, 15) is 18.0 Å². The molecule has 9 heteroatoms. The molecule has 0 bridgehead atoms. The molecule has 164 valence electrons. The molecule has 33 heavy (non-hydrogen) atoms. The van der Waals surface area contributed by atoms with Gasteiger partial charge < -0.3 is 0 Å². The molecule has 5 rings (SSSR count). The summed E-state index contributed by atoms with van der Waals surface area (Å²) in [6.07, 6.45) is -1.48. The van der Waals surface area contributed by atoms with E-state index in [2.05, 4.69) is 10.2 Å². The van der Waals surface area contributed by atoms with Crippen LogP contribution in [-0.4, -0.2) is 19.6 Å². The van der Waals surface area contributed by atoms with Gasteiger partial charge in [-0.2, -0.15) is 23.4 Å². The topological polar surface area (TPSA) is 52.7 Å². The van der Waals surface area contributed by atoms with Crippen molar-refractivity contribution in [3.8, 4) is 22.8 Å². The highest BCUT2D eigenvalue weighted by Crippen LogP contribution is 2.31. The van der Waals surface area contributed by atoms with Crippen LogP contribution in [0.4, 0.5) is 13.2 Å². The predicted octanol–water partition coefficient (Wildman–Crippen LogP) is 5.91. The van der Waals surface area contributed by atoms with Gasteiger partial charge in [-0.1, -0.05) is 35.9 Å². The summed E-state index contributed by atoms with van der Waals surface area (Å²) in [5, 5.41) is 11.0. The third-order valence-electron chi connectivity index (χ3n) is 5.23. The van der Waals surface area contributed by atoms with E-state index in [-0.39, 0.29) is 11.1 Å². The van der Waals surface area contributed by atoms with Gasteiger partial charge in [0.1, 0.15) is 0 Å². The minimum absolute atomic E-state index is 0.105. The van der Waals surface area contributed by atoms with Gasteiger partial charge in [-0.3, -0.25) is 4.79 Å². The number of hydrogen-bond acceptors (Lipinski definition) is 3. The number of halogens is 4. The second kappa shape index (κ2) is 7.90. The van der Waals surface area contributed by atoms with Gasteiger partial charge in [-0.15, -0.1) is 0 Å². The van der Waals surface area contributed by atoms with Crippen LogP contribution in [0.25, 0.3) is 33.5 Å². The van der Waals surface area contributed by atoms with E-state index in [1.165, 1.54) is 29.1 Å². The number of fused-ring (bicyclic) bond motifs is 1. The van der Waals surface area contributed by atoms with Crippen LogP contribution in [0, 0.1) is 0 Å². The third-order valence-corrected chi connectivity index (χ3v) is 5.56. The maximum atomic E-state index is 12.9. The Balaban J connectivity index is 1.63. The Labute approximate surface area is 190 Å². The zero-order valence-corrected chi connectivity index (χ0v) is 17.5. The Hall–Kier alpha value is -3.91. The van der Waals surface area contributed by atoms with Gasteiger partial charge in [0.05, 0.1) is 28.8 Å². The van der Waals surface area contributed by atoms with Gasteiger partial charge in [0.25, 0.3) is 0 Å². The minimum atomic E-state index is -4.44. The average Bonchev–Trinajstić information content (AvgIpc) is 3.29. The number of rotatable bonds is 3. The quantitative estimate of drug-likeness (QED) is 0.332. The van der Waals surface area contributed by atoms with Crippen molar-refractivity contribution in [2.45, 2.75) is 6.18 Å². The third kappa shape index (κ3) is 3.78. The fraction of sp³-hybridized carbons (Fsp3) is 0.0417. The van der Waals surface area contributed by atoms with Crippen molar-refractivity contribution in [3.63, 3.8) is 0 Å². The molecule has 0 radical (unpaired) electrons. The van der Waals surface area contributed by atoms with E-state index < -0.39 is 11.7 Å². The number of aromatic nitrogens is 4. The fourth-order valence-electron chi connectivity index (χ4n) is 3.64. The normalized spacial score (nSPS) is 11.8. The first-order valence-corrected chi connectivity index (χ1v) is 10.2. The van der Waals surface area contributed by atoms with Crippen molar-refractivity contribution < 1.29 is 13.2 Å². The zero-order chi connectivity index (χ0) is 23.2. The van der Waals surface area contributed by atoms with E-state index in [1.807, 2.05) is 24.3 Å². The SMILES string of the molecule is O=c1ccn(-c2ccc(C(F)(F)F)cc2)nc1-c1ccnn1-c1ccc(Cl)c2ccccc12. The maximum absolute atomic E-state index is 12.9. The predicted molar refractivity (Wildman–Crippen MR) is 120 cm³/mol. The number of benzene rings is 3. The van der Waals surface area contributed by atoms with E-state index in [0.717, 1.165) is 22.9 Å². The Morgan fingerprint density at radius 1 is 0.848 bits per heavy atom. The number of nitrogens with zero attached hydrogens (tertiary/aromatic N) is 4.